The molecule has 1 aromatic heterocycles. The van der Waals surface area contributed by atoms with Gasteiger partial charge in [-0.1, -0.05) is 0 Å². The minimum Gasteiger partial charge on any atom is -0.476 e. The summed E-state index contributed by atoms with van der Waals surface area (Å²) in [5.74, 6) is -1.21. The van der Waals surface area contributed by atoms with Gasteiger partial charge in [0.1, 0.15) is 0 Å². The molecule has 0 atom stereocenters. The van der Waals surface area contributed by atoms with Crippen LogP contribution in [0.25, 0.3) is 0 Å². The molecule has 6 heteroatoms. The monoisotopic (exact) mass is 155 g/mol. The van der Waals surface area contributed by atoms with Crippen LogP contribution in [0.4, 0.5) is 5.69 Å². The largest absolute Gasteiger partial charge is 0.476 e. The van der Waals surface area contributed by atoms with Crippen molar-refractivity contribution >= 4 is 11.7 Å². The van der Waals surface area contributed by atoms with Gasteiger partial charge in [-0.3, -0.25) is 4.68 Å². The van der Waals surface area contributed by atoms with Crippen molar-refractivity contribution in [2.24, 2.45) is 12.2 Å². The molecule has 6 nitrogen and oxygen atoms in total. The summed E-state index contributed by atoms with van der Waals surface area (Å²) < 4.78 is 1.08. The summed E-state index contributed by atoms with van der Waals surface area (Å²) in [5, 5.41) is 14.6. The van der Waals surface area contributed by atoms with Gasteiger partial charge in [-0.25, -0.2) is 4.79 Å². The van der Waals surface area contributed by atoms with Crippen LogP contribution in [0.2, 0.25) is 0 Å². The van der Waals surface area contributed by atoms with E-state index in [1.807, 2.05) is 0 Å². The lowest BCUT2D eigenvalue weighted by atomic mass is 10.4. The minimum absolute atomic E-state index is 0.153. The fraction of sp³-hybridized carbons (Fsp3) is 0.200. The van der Waals surface area contributed by atoms with Crippen LogP contribution in [0.1, 0.15) is 10.5 Å². The Bertz CT molecular complexity index is 304. The van der Waals surface area contributed by atoms with Crippen LogP contribution in [-0.4, -0.2) is 20.9 Å². The predicted octanol–water partition coefficient (Wildman–Crippen LogP) is 0.516. The van der Waals surface area contributed by atoms with Crippen molar-refractivity contribution in [1.82, 2.24) is 9.78 Å². The van der Waals surface area contributed by atoms with E-state index in [1.54, 1.807) is 0 Å². The van der Waals surface area contributed by atoms with Crippen LogP contribution in [0.3, 0.4) is 0 Å². The summed E-state index contributed by atoms with van der Waals surface area (Å²) in [6, 6.07) is 0. The lowest BCUT2D eigenvalue weighted by Crippen LogP contribution is -2.05. The molecule has 1 rings (SSSR count). The maximum absolute atomic E-state index is 10.4. The Kier molecular flexibility index (Phi) is 1.67. The average Bonchev–Trinajstić information content (AvgIpc) is 2.30. The number of aromatic carboxylic acids is 1. The number of nitroso groups, excluding NO2 is 1. The second-order valence-electron chi connectivity index (χ2n) is 1.90. The summed E-state index contributed by atoms with van der Waals surface area (Å²) in [6.07, 6.45) is 1.11. The Morgan fingerprint density at radius 1 is 1.82 bits per heavy atom. The van der Waals surface area contributed by atoms with Crippen molar-refractivity contribution < 1.29 is 9.90 Å². The highest BCUT2D eigenvalue weighted by atomic mass is 16.4. The molecule has 0 unspecified atom stereocenters. The number of aromatic nitrogens is 2. The Morgan fingerprint density at radius 3 is 2.82 bits per heavy atom. The highest BCUT2D eigenvalue weighted by Gasteiger charge is 2.15. The molecule has 1 aromatic rings. The van der Waals surface area contributed by atoms with Crippen molar-refractivity contribution in [1.29, 1.82) is 0 Å². The van der Waals surface area contributed by atoms with E-state index in [2.05, 4.69) is 10.3 Å². The zero-order valence-electron chi connectivity index (χ0n) is 5.68. The number of aryl methyl sites for hydroxylation is 1. The summed E-state index contributed by atoms with van der Waals surface area (Å²) in [4.78, 5) is 20.4. The maximum atomic E-state index is 10.4. The second kappa shape index (κ2) is 2.49. The fourth-order valence-electron chi connectivity index (χ4n) is 0.741. The number of rotatable bonds is 2. The van der Waals surface area contributed by atoms with Crippen molar-refractivity contribution in [2.45, 2.75) is 0 Å². The molecule has 0 aliphatic carbocycles. The van der Waals surface area contributed by atoms with E-state index >= 15 is 0 Å². The minimum atomic E-state index is -1.21. The van der Waals surface area contributed by atoms with E-state index in [0.29, 0.717) is 0 Å². The third-order valence-electron chi connectivity index (χ3n) is 1.22. The van der Waals surface area contributed by atoms with E-state index in [4.69, 9.17) is 5.11 Å². The number of nitrogens with zero attached hydrogens (tertiary/aromatic N) is 3. The molecule has 0 aromatic carbocycles. The smallest absolute Gasteiger partial charge is 0.356 e. The molecule has 1 heterocycles. The second-order valence-corrected chi connectivity index (χ2v) is 1.90. The molecule has 0 saturated heterocycles. The van der Waals surface area contributed by atoms with Crippen LogP contribution >= 0.6 is 0 Å². The molecular formula is C5H5N3O3. The molecule has 58 valence electrons. The molecule has 1 N–H and O–H groups in total. The van der Waals surface area contributed by atoms with E-state index in [0.717, 1.165) is 10.9 Å². The summed E-state index contributed by atoms with van der Waals surface area (Å²) in [7, 11) is 1.43. The van der Waals surface area contributed by atoms with E-state index < -0.39 is 5.97 Å². The Hall–Kier alpha value is -1.72. The average molecular weight is 155 g/mol. The van der Waals surface area contributed by atoms with E-state index in [9.17, 15) is 9.70 Å². The highest BCUT2D eigenvalue weighted by molar-refractivity contribution is 5.91. The number of hydrogen-bond donors (Lipinski definition) is 1. The molecule has 0 radical (unpaired) electrons. The molecule has 0 fully saturated rings. The van der Waals surface area contributed by atoms with Gasteiger partial charge in [0.25, 0.3) is 0 Å². The number of carbonyl (C=O) groups is 1. The number of carboxylic acid groups (broad SMARTS) is 1. The van der Waals surface area contributed by atoms with Crippen LogP contribution in [0, 0.1) is 4.91 Å². The molecule has 0 aliphatic rings. The first-order valence-electron chi connectivity index (χ1n) is 2.75. The van der Waals surface area contributed by atoms with Crippen molar-refractivity contribution in [3.63, 3.8) is 0 Å². The van der Waals surface area contributed by atoms with Gasteiger partial charge in [-0.05, 0) is 5.18 Å². The van der Waals surface area contributed by atoms with Gasteiger partial charge in [-0.15, -0.1) is 4.91 Å². The summed E-state index contributed by atoms with van der Waals surface area (Å²) in [6.45, 7) is 0. The van der Waals surface area contributed by atoms with Crippen LogP contribution in [0.5, 0.6) is 0 Å². The molecule has 0 spiro atoms. The van der Waals surface area contributed by atoms with Crippen molar-refractivity contribution in [2.75, 3.05) is 0 Å². The van der Waals surface area contributed by atoms with Gasteiger partial charge >= 0.3 is 5.97 Å². The first-order chi connectivity index (χ1) is 5.16. The Morgan fingerprint density at radius 2 is 2.45 bits per heavy atom. The molecule has 0 bridgehead atoms. The zero-order chi connectivity index (χ0) is 8.43. The standard InChI is InChI=1S/C5H5N3O3/c1-8-4(5(9)10)3(7-11)2-6-8/h2H,1H3,(H,9,10). The highest BCUT2D eigenvalue weighted by Crippen LogP contribution is 2.16. The first kappa shape index (κ1) is 7.39. The van der Waals surface area contributed by atoms with Crippen molar-refractivity contribution in [3.8, 4) is 0 Å². The Balaban J connectivity index is 3.28. The molecule has 0 amide bonds. The van der Waals surface area contributed by atoms with Gasteiger partial charge < -0.3 is 5.11 Å². The zero-order valence-corrected chi connectivity index (χ0v) is 5.68. The lowest BCUT2D eigenvalue weighted by molar-refractivity contribution is 0.0686. The normalized spacial score (nSPS) is 9.55. The van der Waals surface area contributed by atoms with Gasteiger partial charge in [0.2, 0.25) is 0 Å². The third-order valence-corrected chi connectivity index (χ3v) is 1.22. The maximum Gasteiger partial charge on any atom is 0.356 e. The van der Waals surface area contributed by atoms with E-state index in [-0.39, 0.29) is 11.4 Å². The molecular weight excluding hydrogens is 150 g/mol. The van der Waals surface area contributed by atoms with Gasteiger partial charge in [0, 0.05) is 7.05 Å². The lowest BCUT2D eigenvalue weighted by Gasteiger charge is -1.92. The first-order valence-corrected chi connectivity index (χ1v) is 2.75. The quantitative estimate of drug-likeness (QED) is 0.630. The molecule has 0 saturated carbocycles. The topological polar surface area (TPSA) is 84.5 Å². The summed E-state index contributed by atoms with van der Waals surface area (Å²) in [5.41, 5.74) is -0.347. The Labute approximate surface area is 61.4 Å². The number of hydrogen-bond acceptors (Lipinski definition) is 4. The fourth-order valence-corrected chi connectivity index (χ4v) is 0.741. The number of carboxylic acids is 1. The third kappa shape index (κ3) is 1.09. The van der Waals surface area contributed by atoms with Gasteiger partial charge in [0.15, 0.2) is 11.4 Å². The van der Waals surface area contributed by atoms with Crippen LogP contribution < -0.4 is 0 Å². The summed E-state index contributed by atoms with van der Waals surface area (Å²) >= 11 is 0. The molecule has 0 aliphatic heterocycles. The van der Waals surface area contributed by atoms with Crippen molar-refractivity contribution in [3.05, 3.63) is 16.8 Å². The van der Waals surface area contributed by atoms with Gasteiger partial charge in [0.05, 0.1) is 6.20 Å². The van der Waals surface area contributed by atoms with Crippen LogP contribution in [0.15, 0.2) is 11.4 Å². The van der Waals surface area contributed by atoms with E-state index in [1.165, 1.54) is 7.05 Å². The van der Waals surface area contributed by atoms with Crippen LogP contribution in [-0.2, 0) is 7.05 Å². The van der Waals surface area contributed by atoms with Gasteiger partial charge in [-0.2, -0.15) is 5.10 Å². The SMILES string of the molecule is Cn1ncc(N=O)c1C(=O)O. The predicted molar refractivity (Wildman–Crippen MR) is 35.6 cm³/mol. The molecule has 11 heavy (non-hydrogen) atoms.